The van der Waals surface area contributed by atoms with Crippen LogP contribution in [0.2, 0.25) is 5.02 Å². The molecular formula is C16H11ClO3. The number of aromatic carboxylic acids is 1. The summed E-state index contributed by atoms with van der Waals surface area (Å²) in [5.41, 5.74) is 2.45. The Morgan fingerprint density at radius 2 is 1.95 bits per heavy atom. The maximum atomic E-state index is 11.3. The zero-order valence-corrected chi connectivity index (χ0v) is 11.4. The predicted octanol–water partition coefficient (Wildman–Crippen LogP) is 4.76. The summed E-state index contributed by atoms with van der Waals surface area (Å²) in [6, 6.07) is 12.3. The van der Waals surface area contributed by atoms with E-state index < -0.39 is 5.97 Å². The van der Waals surface area contributed by atoms with Crippen molar-refractivity contribution < 1.29 is 14.3 Å². The van der Waals surface area contributed by atoms with Gasteiger partial charge in [0.05, 0.1) is 5.56 Å². The van der Waals surface area contributed by atoms with E-state index in [1.165, 1.54) is 0 Å². The van der Waals surface area contributed by atoms with E-state index >= 15 is 0 Å². The van der Waals surface area contributed by atoms with Gasteiger partial charge in [0.15, 0.2) is 0 Å². The van der Waals surface area contributed by atoms with Crippen molar-refractivity contribution in [2.24, 2.45) is 0 Å². The molecule has 0 aliphatic carbocycles. The van der Waals surface area contributed by atoms with Gasteiger partial charge in [0.1, 0.15) is 11.3 Å². The molecule has 3 rings (SSSR count). The molecule has 0 aliphatic rings. The first-order valence-electron chi connectivity index (χ1n) is 6.08. The van der Waals surface area contributed by atoms with Crippen LogP contribution in [0.5, 0.6) is 0 Å². The molecule has 1 N–H and O–H groups in total. The average molecular weight is 287 g/mol. The summed E-state index contributed by atoms with van der Waals surface area (Å²) < 4.78 is 5.73. The number of furan rings is 1. The minimum Gasteiger partial charge on any atom is -0.478 e. The maximum absolute atomic E-state index is 11.3. The van der Waals surface area contributed by atoms with Gasteiger partial charge in [-0.15, -0.1) is 0 Å². The second kappa shape index (κ2) is 4.69. The molecule has 0 amide bonds. The highest BCUT2D eigenvalue weighted by Crippen LogP contribution is 2.32. The molecule has 0 unspecified atom stereocenters. The van der Waals surface area contributed by atoms with Gasteiger partial charge < -0.3 is 9.52 Å². The van der Waals surface area contributed by atoms with Crippen LogP contribution < -0.4 is 0 Å². The standard InChI is InChI=1S/C16H11ClO3/c1-9-2-4-12(16(18)19)13(6-9)15-8-10-7-11(17)3-5-14(10)20-15/h2-8H,1H3,(H,18,19). The van der Waals surface area contributed by atoms with Gasteiger partial charge in [-0.25, -0.2) is 4.79 Å². The molecule has 0 aliphatic heterocycles. The largest absolute Gasteiger partial charge is 0.478 e. The smallest absolute Gasteiger partial charge is 0.336 e. The van der Waals surface area contributed by atoms with Gasteiger partial charge in [0.2, 0.25) is 0 Å². The summed E-state index contributed by atoms with van der Waals surface area (Å²) in [5, 5.41) is 10.7. The highest BCUT2D eigenvalue weighted by atomic mass is 35.5. The molecule has 3 nitrogen and oxygen atoms in total. The molecule has 3 aromatic rings. The van der Waals surface area contributed by atoms with Gasteiger partial charge in [-0.2, -0.15) is 0 Å². The van der Waals surface area contributed by atoms with Crippen LogP contribution in [0.25, 0.3) is 22.3 Å². The summed E-state index contributed by atoms with van der Waals surface area (Å²) >= 11 is 5.95. The SMILES string of the molecule is Cc1ccc(C(=O)O)c(-c2cc3cc(Cl)ccc3o2)c1. The number of rotatable bonds is 2. The van der Waals surface area contributed by atoms with Crippen LogP contribution in [-0.2, 0) is 0 Å². The average Bonchev–Trinajstić information content (AvgIpc) is 2.81. The third kappa shape index (κ3) is 2.17. The van der Waals surface area contributed by atoms with Crippen molar-refractivity contribution in [2.45, 2.75) is 6.92 Å². The van der Waals surface area contributed by atoms with E-state index in [9.17, 15) is 9.90 Å². The summed E-state index contributed by atoms with van der Waals surface area (Å²) in [7, 11) is 0. The van der Waals surface area contributed by atoms with Crippen LogP contribution in [0.15, 0.2) is 46.9 Å². The van der Waals surface area contributed by atoms with Gasteiger partial charge in [-0.1, -0.05) is 23.2 Å². The highest BCUT2D eigenvalue weighted by molar-refractivity contribution is 6.31. The topological polar surface area (TPSA) is 50.4 Å². The van der Waals surface area contributed by atoms with E-state index in [0.717, 1.165) is 10.9 Å². The molecular weight excluding hydrogens is 276 g/mol. The number of hydrogen-bond donors (Lipinski definition) is 1. The van der Waals surface area contributed by atoms with E-state index in [-0.39, 0.29) is 5.56 Å². The van der Waals surface area contributed by atoms with Gasteiger partial charge in [-0.05, 0) is 43.3 Å². The van der Waals surface area contributed by atoms with E-state index in [2.05, 4.69) is 0 Å². The minimum absolute atomic E-state index is 0.223. The number of aryl methyl sites for hydroxylation is 1. The molecule has 0 saturated carbocycles. The second-order valence-corrected chi connectivity index (χ2v) is 5.08. The lowest BCUT2D eigenvalue weighted by Gasteiger charge is -2.04. The fourth-order valence-electron chi connectivity index (χ4n) is 2.20. The van der Waals surface area contributed by atoms with Crippen LogP contribution in [0.1, 0.15) is 15.9 Å². The number of halogens is 1. The molecule has 0 atom stereocenters. The van der Waals surface area contributed by atoms with Gasteiger partial charge >= 0.3 is 5.97 Å². The Labute approximate surface area is 120 Å². The lowest BCUT2D eigenvalue weighted by Crippen LogP contribution is -1.99. The lowest BCUT2D eigenvalue weighted by molar-refractivity contribution is 0.0697. The fourth-order valence-corrected chi connectivity index (χ4v) is 2.38. The Morgan fingerprint density at radius 3 is 2.70 bits per heavy atom. The summed E-state index contributed by atoms with van der Waals surface area (Å²) in [6.07, 6.45) is 0. The molecule has 0 radical (unpaired) electrons. The van der Waals surface area contributed by atoms with Crippen LogP contribution in [0.4, 0.5) is 0 Å². The van der Waals surface area contributed by atoms with Crippen molar-refractivity contribution in [1.29, 1.82) is 0 Å². The lowest BCUT2D eigenvalue weighted by atomic mass is 10.0. The zero-order chi connectivity index (χ0) is 14.3. The minimum atomic E-state index is -0.974. The molecule has 1 heterocycles. The number of benzene rings is 2. The fraction of sp³-hybridized carbons (Fsp3) is 0.0625. The first-order chi connectivity index (χ1) is 9.54. The normalized spacial score (nSPS) is 10.9. The number of carboxylic acids is 1. The number of hydrogen-bond acceptors (Lipinski definition) is 2. The second-order valence-electron chi connectivity index (χ2n) is 4.65. The Kier molecular flexibility index (Phi) is 2.99. The molecule has 0 saturated heterocycles. The van der Waals surface area contributed by atoms with Crippen LogP contribution in [0.3, 0.4) is 0 Å². The molecule has 2 aromatic carbocycles. The summed E-state index contributed by atoms with van der Waals surface area (Å²) in [4.78, 5) is 11.3. The zero-order valence-electron chi connectivity index (χ0n) is 10.7. The number of carbonyl (C=O) groups is 1. The number of carboxylic acid groups (broad SMARTS) is 1. The Morgan fingerprint density at radius 1 is 1.15 bits per heavy atom. The predicted molar refractivity (Wildman–Crippen MR) is 78.4 cm³/mol. The van der Waals surface area contributed by atoms with Gasteiger partial charge in [0.25, 0.3) is 0 Å². The monoisotopic (exact) mass is 286 g/mol. The summed E-state index contributed by atoms with van der Waals surface area (Å²) in [6.45, 7) is 1.91. The van der Waals surface area contributed by atoms with Crippen molar-refractivity contribution in [3.8, 4) is 11.3 Å². The van der Waals surface area contributed by atoms with E-state index in [4.69, 9.17) is 16.0 Å². The molecule has 0 fully saturated rings. The van der Waals surface area contributed by atoms with Gasteiger partial charge in [-0.3, -0.25) is 0 Å². The van der Waals surface area contributed by atoms with Crippen LogP contribution >= 0.6 is 11.6 Å². The van der Waals surface area contributed by atoms with Crippen molar-refractivity contribution >= 4 is 28.5 Å². The number of fused-ring (bicyclic) bond motifs is 1. The molecule has 1 aromatic heterocycles. The molecule has 0 bridgehead atoms. The third-order valence-corrected chi connectivity index (χ3v) is 3.38. The van der Waals surface area contributed by atoms with Crippen molar-refractivity contribution in [3.63, 3.8) is 0 Å². The molecule has 4 heteroatoms. The highest BCUT2D eigenvalue weighted by Gasteiger charge is 2.15. The first-order valence-corrected chi connectivity index (χ1v) is 6.46. The van der Waals surface area contributed by atoms with Crippen molar-refractivity contribution in [1.82, 2.24) is 0 Å². The molecule has 20 heavy (non-hydrogen) atoms. The maximum Gasteiger partial charge on any atom is 0.336 e. The van der Waals surface area contributed by atoms with E-state index in [0.29, 0.717) is 21.9 Å². The molecule has 0 spiro atoms. The van der Waals surface area contributed by atoms with Crippen LogP contribution in [-0.4, -0.2) is 11.1 Å². The van der Waals surface area contributed by atoms with Crippen molar-refractivity contribution in [2.75, 3.05) is 0 Å². The molecule has 100 valence electrons. The Bertz CT molecular complexity index is 818. The quantitative estimate of drug-likeness (QED) is 0.739. The Hall–Kier alpha value is -2.26. The van der Waals surface area contributed by atoms with E-state index in [1.807, 2.05) is 19.1 Å². The third-order valence-electron chi connectivity index (χ3n) is 3.15. The summed E-state index contributed by atoms with van der Waals surface area (Å²) in [5.74, 6) is -0.443. The van der Waals surface area contributed by atoms with Gasteiger partial charge in [0, 0.05) is 16.0 Å². The van der Waals surface area contributed by atoms with Crippen LogP contribution in [0, 0.1) is 6.92 Å². The van der Waals surface area contributed by atoms with E-state index in [1.54, 1.807) is 30.3 Å². The Balaban J connectivity index is 2.24. The van der Waals surface area contributed by atoms with Crippen molar-refractivity contribution in [3.05, 3.63) is 58.6 Å². The first kappa shape index (κ1) is 12.8.